The predicted octanol–water partition coefficient (Wildman–Crippen LogP) is 5.28. The maximum Gasteiger partial charge on any atom is 0.435 e. The lowest BCUT2D eigenvalue weighted by atomic mass is 10.1. The topological polar surface area (TPSA) is 88.5 Å². The van der Waals surface area contributed by atoms with E-state index < -0.39 is 29.3 Å². The second kappa shape index (κ2) is 8.87. The highest BCUT2D eigenvalue weighted by Gasteiger charge is 2.42. The van der Waals surface area contributed by atoms with Crippen LogP contribution in [0.2, 0.25) is 0 Å². The molecule has 3 aromatic carbocycles. The fraction of sp³-hybridized carbons (Fsp3) is 0.0833. The lowest BCUT2D eigenvalue weighted by molar-refractivity contribution is -0.143. The molecule has 0 spiro atoms. The van der Waals surface area contributed by atoms with Crippen LogP contribution in [0.4, 0.5) is 27.6 Å². The van der Waals surface area contributed by atoms with E-state index in [0.29, 0.717) is 27.1 Å². The molecule has 0 saturated heterocycles. The first-order valence-corrected chi connectivity index (χ1v) is 10.5. The monoisotopic (exact) mass is 498 g/mol. The first-order valence-electron chi connectivity index (χ1n) is 10.5. The van der Waals surface area contributed by atoms with Crippen molar-refractivity contribution in [2.24, 2.45) is 0 Å². The summed E-state index contributed by atoms with van der Waals surface area (Å²) in [5, 5.41) is 9.27. The number of nitrogens with zero attached hydrogens (tertiary/aromatic N) is 4. The van der Waals surface area contributed by atoms with Crippen molar-refractivity contribution in [1.82, 2.24) is 25.0 Å². The molecule has 5 aromatic rings. The fourth-order valence-corrected chi connectivity index (χ4v) is 3.69. The number of hydrogen-bond acceptors (Lipinski definition) is 4. The quantitative estimate of drug-likeness (QED) is 0.323. The van der Waals surface area contributed by atoms with Crippen LogP contribution in [0.3, 0.4) is 0 Å². The summed E-state index contributed by atoms with van der Waals surface area (Å²) in [6.07, 6.45) is -4.77. The van der Waals surface area contributed by atoms with Crippen molar-refractivity contribution in [1.29, 1.82) is 0 Å². The molecule has 2 aromatic heterocycles. The summed E-state index contributed by atoms with van der Waals surface area (Å²) in [6.45, 7) is 0. The lowest BCUT2D eigenvalue weighted by Gasteiger charge is -2.11. The smallest absolute Gasteiger partial charge is 0.342 e. The third-order valence-electron chi connectivity index (χ3n) is 5.33. The summed E-state index contributed by atoms with van der Waals surface area (Å²) in [4.78, 5) is 20.1. The second-order valence-corrected chi connectivity index (χ2v) is 7.81. The van der Waals surface area contributed by atoms with Crippen LogP contribution in [0, 0.1) is 11.6 Å². The van der Waals surface area contributed by atoms with E-state index in [2.05, 4.69) is 25.6 Å². The van der Waals surface area contributed by atoms with Crippen molar-refractivity contribution in [3.8, 4) is 5.69 Å². The summed E-state index contributed by atoms with van der Waals surface area (Å²) >= 11 is 0. The summed E-state index contributed by atoms with van der Waals surface area (Å²) in [5.74, 6) is -1.68. The molecule has 182 valence electrons. The zero-order valence-electron chi connectivity index (χ0n) is 18.1. The van der Waals surface area contributed by atoms with Crippen LogP contribution in [0.5, 0.6) is 0 Å². The number of rotatable bonds is 5. The molecule has 7 nitrogen and oxygen atoms in total. The number of nitrogens with one attached hydrogen (secondary N) is 2. The Balaban J connectivity index is 1.42. The molecule has 0 aliphatic rings. The number of carbonyl (C=O) groups is 1. The molecule has 1 amide bonds. The van der Waals surface area contributed by atoms with Gasteiger partial charge >= 0.3 is 6.18 Å². The Morgan fingerprint density at radius 3 is 2.47 bits per heavy atom. The number of H-pyrrole nitrogens is 1. The number of alkyl halides is 3. The Morgan fingerprint density at radius 1 is 1.00 bits per heavy atom. The largest absolute Gasteiger partial charge is 0.435 e. The normalized spacial score (nSPS) is 11.7. The molecule has 0 aliphatic heterocycles. The number of fused-ring (bicyclic) bond motifs is 1. The number of aromatic nitrogens is 5. The molecule has 36 heavy (non-hydrogen) atoms. The maximum atomic E-state index is 13.9. The van der Waals surface area contributed by atoms with Crippen LogP contribution in [0.15, 0.2) is 66.7 Å². The average Bonchev–Trinajstić information content (AvgIpc) is 3.45. The van der Waals surface area contributed by atoms with E-state index in [1.165, 1.54) is 18.2 Å². The van der Waals surface area contributed by atoms with Crippen LogP contribution in [0.25, 0.3) is 16.7 Å². The van der Waals surface area contributed by atoms with Crippen molar-refractivity contribution >= 4 is 22.6 Å². The van der Waals surface area contributed by atoms with E-state index in [9.17, 15) is 26.7 Å². The molecule has 0 unspecified atom stereocenters. The Labute approximate surface area is 199 Å². The van der Waals surface area contributed by atoms with Gasteiger partial charge < -0.3 is 10.3 Å². The highest BCUT2D eigenvalue weighted by atomic mass is 19.4. The molecule has 0 bridgehead atoms. The minimum Gasteiger partial charge on any atom is -0.342 e. The fourth-order valence-electron chi connectivity index (χ4n) is 3.69. The SMILES string of the molecule is O=C(Nc1ccc2nc(Cc3ccccc3F)[nH]c2c1)c1nnn(-c2ccc(F)cc2)c1C(F)(F)F. The minimum absolute atomic E-state index is 0.114. The molecule has 0 fully saturated rings. The molecule has 2 heterocycles. The molecule has 5 rings (SSSR count). The maximum absolute atomic E-state index is 13.9. The number of imidazole rings is 1. The second-order valence-electron chi connectivity index (χ2n) is 7.81. The highest BCUT2D eigenvalue weighted by molar-refractivity contribution is 6.04. The van der Waals surface area contributed by atoms with E-state index in [4.69, 9.17) is 0 Å². The van der Waals surface area contributed by atoms with Gasteiger partial charge in [-0.25, -0.2) is 18.4 Å². The summed E-state index contributed by atoms with van der Waals surface area (Å²) in [7, 11) is 0. The third-order valence-corrected chi connectivity index (χ3v) is 5.33. The summed E-state index contributed by atoms with van der Waals surface area (Å²) in [5.41, 5.74) is -0.829. The molecule has 0 radical (unpaired) electrons. The zero-order valence-corrected chi connectivity index (χ0v) is 18.1. The van der Waals surface area contributed by atoms with Gasteiger partial charge in [-0.15, -0.1) is 5.10 Å². The van der Waals surface area contributed by atoms with Gasteiger partial charge in [-0.3, -0.25) is 4.79 Å². The number of aromatic amines is 1. The van der Waals surface area contributed by atoms with Gasteiger partial charge in [0, 0.05) is 12.1 Å². The zero-order chi connectivity index (χ0) is 25.4. The number of benzene rings is 3. The third kappa shape index (κ3) is 4.52. The molecule has 0 aliphatic carbocycles. The first-order chi connectivity index (χ1) is 17.2. The van der Waals surface area contributed by atoms with E-state index >= 15 is 0 Å². The van der Waals surface area contributed by atoms with Gasteiger partial charge in [0.1, 0.15) is 17.5 Å². The van der Waals surface area contributed by atoms with Gasteiger partial charge in [0.15, 0.2) is 11.4 Å². The van der Waals surface area contributed by atoms with Gasteiger partial charge in [0.05, 0.1) is 16.7 Å². The van der Waals surface area contributed by atoms with Crippen molar-refractivity contribution in [2.45, 2.75) is 12.6 Å². The van der Waals surface area contributed by atoms with Gasteiger partial charge in [-0.05, 0) is 54.1 Å². The van der Waals surface area contributed by atoms with Crippen molar-refractivity contribution in [2.75, 3.05) is 5.32 Å². The van der Waals surface area contributed by atoms with E-state index in [1.807, 2.05) is 0 Å². The highest BCUT2D eigenvalue weighted by Crippen LogP contribution is 2.33. The van der Waals surface area contributed by atoms with Crippen LogP contribution in [-0.2, 0) is 12.6 Å². The van der Waals surface area contributed by atoms with Crippen LogP contribution in [-0.4, -0.2) is 30.9 Å². The van der Waals surface area contributed by atoms with Crippen LogP contribution < -0.4 is 5.32 Å². The van der Waals surface area contributed by atoms with E-state index in [-0.39, 0.29) is 23.6 Å². The minimum atomic E-state index is -4.97. The summed E-state index contributed by atoms with van der Waals surface area (Å²) < 4.78 is 69.1. The van der Waals surface area contributed by atoms with E-state index in [1.54, 1.807) is 24.3 Å². The van der Waals surface area contributed by atoms with Gasteiger partial charge in [0.2, 0.25) is 0 Å². The van der Waals surface area contributed by atoms with Gasteiger partial charge in [-0.2, -0.15) is 13.2 Å². The average molecular weight is 498 g/mol. The predicted molar refractivity (Wildman–Crippen MR) is 120 cm³/mol. The Morgan fingerprint density at radius 2 is 1.75 bits per heavy atom. The van der Waals surface area contributed by atoms with Crippen LogP contribution >= 0.6 is 0 Å². The number of halogens is 5. The van der Waals surface area contributed by atoms with E-state index in [0.717, 1.165) is 24.3 Å². The van der Waals surface area contributed by atoms with Crippen LogP contribution in [0.1, 0.15) is 27.6 Å². The number of anilines is 1. The first kappa shape index (κ1) is 23.1. The van der Waals surface area contributed by atoms with Crippen molar-refractivity contribution in [3.05, 3.63) is 101 Å². The molecule has 0 saturated carbocycles. The van der Waals surface area contributed by atoms with Gasteiger partial charge in [0.25, 0.3) is 5.91 Å². The summed E-state index contributed by atoms with van der Waals surface area (Å²) in [6, 6.07) is 14.9. The number of carbonyl (C=O) groups excluding carboxylic acids is 1. The van der Waals surface area contributed by atoms with Crippen molar-refractivity contribution in [3.63, 3.8) is 0 Å². The molecular weight excluding hydrogens is 483 g/mol. The molecule has 2 N–H and O–H groups in total. The molecular formula is C24H15F5N6O. The van der Waals surface area contributed by atoms with Gasteiger partial charge in [-0.1, -0.05) is 23.4 Å². The molecule has 12 heteroatoms. The standard InChI is InChI=1S/C24H15F5N6O/c25-14-5-8-16(9-6-14)35-22(24(27,28)29)21(33-34-35)23(36)30-15-7-10-18-19(12-15)32-20(31-18)11-13-3-1-2-4-17(13)26/h1-10,12H,11H2,(H,30,36)(H,31,32). The number of hydrogen-bond donors (Lipinski definition) is 2. The number of amides is 1. The molecule has 0 atom stereocenters. The Kier molecular flexibility index (Phi) is 5.71. The lowest BCUT2D eigenvalue weighted by Crippen LogP contribution is -2.21. The Bertz CT molecular complexity index is 1570. The Hall–Kier alpha value is -4.61. The van der Waals surface area contributed by atoms with Crippen molar-refractivity contribution < 1.29 is 26.7 Å².